The topological polar surface area (TPSA) is 69.7 Å². The molecule has 0 aliphatic carbocycles. The van der Waals surface area contributed by atoms with Crippen LogP contribution in [0.5, 0.6) is 0 Å². The Morgan fingerprint density at radius 3 is 1.40 bits per heavy atom. The molecule has 2 aromatic rings. The molecule has 6 heteroatoms. The van der Waals surface area contributed by atoms with Crippen LogP contribution in [0.15, 0.2) is 60.7 Å². The zero-order valence-corrected chi connectivity index (χ0v) is 11.3. The fourth-order valence-corrected chi connectivity index (χ4v) is 2.02. The summed E-state index contributed by atoms with van der Waals surface area (Å²) < 4.78 is 20.7. The lowest BCUT2D eigenvalue weighted by Gasteiger charge is -2.05. The lowest BCUT2D eigenvalue weighted by atomic mass is 10.2. The van der Waals surface area contributed by atoms with Gasteiger partial charge in [-0.25, -0.2) is 14.2 Å². The van der Waals surface area contributed by atoms with E-state index in [1.54, 1.807) is 36.4 Å². The van der Waals surface area contributed by atoms with Gasteiger partial charge in [0.25, 0.3) is 0 Å². The lowest BCUT2D eigenvalue weighted by Crippen LogP contribution is -2.04. The van der Waals surface area contributed by atoms with Crippen LogP contribution >= 0.6 is 8.25 Å². The minimum absolute atomic E-state index is 0.238. The van der Waals surface area contributed by atoms with E-state index in [1.165, 1.54) is 24.3 Å². The predicted octanol–water partition coefficient (Wildman–Crippen LogP) is 3.09. The molecule has 0 saturated carbocycles. The maximum Gasteiger partial charge on any atom is 0.423 e. The largest absolute Gasteiger partial charge is 0.423 e. The molecule has 5 nitrogen and oxygen atoms in total. The van der Waals surface area contributed by atoms with Gasteiger partial charge in [-0.1, -0.05) is 36.4 Å². The first-order valence-corrected chi connectivity index (χ1v) is 6.97. The first-order valence-electron chi connectivity index (χ1n) is 5.75. The number of carbonyl (C=O) groups excluding carboxylic acids is 2. The van der Waals surface area contributed by atoms with Gasteiger partial charge >= 0.3 is 20.2 Å². The maximum atomic E-state index is 11.6. The second kappa shape index (κ2) is 6.68. The third-order valence-corrected chi connectivity index (χ3v) is 3.08. The van der Waals surface area contributed by atoms with Crippen LogP contribution in [0.3, 0.4) is 0 Å². The summed E-state index contributed by atoms with van der Waals surface area (Å²) >= 11 is 0. The van der Waals surface area contributed by atoms with Crippen molar-refractivity contribution in [1.29, 1.82) is 0 Å². The summed E-state index contributed by atoms with van der Waals surface area (Å²) in [4.78, 5) is 23.2. The van der Waals surface area contributed by atoms with Gasteiger partial charge in [-0.05, 0) is 24.3 Å². The Morgan fingerprint density at radius 2 is 1.05 bits per heavy atom. The molecule has 0 atom stereocenters. The van der Waals surface area contributed by atoms with Crippen molar-refractivity contribution < 1.29 is 23.2 Å². The molecular formula is C14H11O5P. The van der Waals surface area contributed by atoms with Crippen LogP contribution in [-0.4, -0.2) is 11.9 Å². The normalized spacial score (nSPS) is 10.1. The van der Waals surface area contributed by atoms with Gasteiger partial charge in [0.2, 0.25) is 0 Å². The molecule has 0 aliphatic rings. The second-order valence-corrected chi connectivity index (χ2v) is 4.67. The fourth-order valence-electron chi connectivity index (χ4n) is 1.44. The number of benzene rings is 2. The Bertz CT molecular complexity index is 569. The molecule has 0 aliphatic heterocycles. The van der Waals surface area contributed by atoms with Gasteiger partial charge in [-0.2, -0.15) is 0 Å². The fraction of sp³-hybridized carbons (Fsp3) is 0. The first-order chi connectivity index (χ1) is 9.66. The zero-order chi connectivity index (χ0) is 14.4. The van der Waals surface area contributed by atoms with E-state index < -0.39 is 20.2 Å². The van der Waals surface area contributed by atoms with E-state index in [1.807, 2.05) is 0 Å². The van der Waals surface area contributed by atoms with Gasteiger partial charge in [-0.3, -0.25) is 0 Å². The maximum absolute atomic E-state index is 11.6. The van der Waals surface area contributed by atoms with Crippen LogP contribution in [0.1, 0.15) is 20.7 Å². The van der Waals surface area contributed by atoms with Gasteiger partial charge in [-0.15, -0.1) is 0 Å². The summed E-state index contributed by atoms with van der Waals surface area (Å²) in [6.45, 7) is 0. The van der Waals surface area contributed by atoms with Gasteiger partial charge in [0.05, 0.1) is 11.1 Å². The second-order valence-electron chi connectivity index (χ2n) is 3.76. The minimum Gasteiger partial charge on any atom is -0.381 e. The van der Waals surface area contributed by atoms with Crippen LogP contribution in [0.2, 0.25) is 0 Å². The van der Waals surface area contributed by atoms with Gasteiger partial charge in [0.1, 0.15) is 0 Å². The summed E-state index contributed by atoms with van der Waals surface area (Å²) in [6.07, 6.45) is 0. The third-order valence-electron chi connectivity index (χ3n) is 2.37. The standard InChI is InChI=1S/C14H11O5P/c15-13(11-7-3-1-4-8-11)18-20(17)19-14(16)12-9-5-2-6-10-12/h1-10,20H. The number of carbonyl (C=O) groups is 2. The molecule has 102 valence electrons. The quantitative estimate of drug-likeness (QED) is 0.809. The molecule has 0 bridgehead atoms. The van der Waals surface area contributed by atoms with E-state index >= 15 is 0 Å². The highest BCUT2D eigenvalue weighted by Crippen LogP contribution is 2.27. The lowest BCUT2D eigenvalue weighted by molar-refractivity contribution is 0.0653. The molecule has 0 saturated heterocycles. The smallest absolute Gasteiger partial charge is 0.381 e. The van der Waals surface area contributed by atoms with Crippen molar-refractivity contribution in [2.45, 2.75) is 0 Å². The molecule has 0 radical (unpaired) electrons. The van der Waals surface area contributed by atoms with Crippen molar-refractivity contribution in [3.63, 3.8) is 0 Å². The number of rotatable bonds is 4. The van der Waals surface area contributed by atoms with E-state index in [0.717, 1.165) is 0 Å². The summed E-state index contributed by atoms with van der Waals surface area (Å²) in [7, 11) is -3.23. The van der Waals surface area contributed by atoms with Gasteiger partial charge in [0, 0.05) is 0 Å². The predicted molar refractivity (Wildman–Crippen MR) is 72.7 cm³/mol. The van der Waals surface area contributed by atoms with E-state index in [-0.39, 0.29) is 11.1 Å². The molecule has 20 heavy (non-hydrogen) atoms. The number of hydrogen-bond acceptors (Lipinski definition) is 5. The molecule has 2 aromatic carbocycles. The Labute approximate surface area is 116 Å². The molecule has 0 heterocycles. The minimum atomic E-state index is -3.23. The third kappa shape index (κ3) is 3.80. The average Bonchev–Trinajstić information content (AvgIpc) is 2.49. The van der Waals surface area contributed by atoms with Crippen LogP contribution in [0.25, 0.3) is 0 Å². The molecule has 0 spiro atoms. The van der Waals surface area contributed by atoms with E-state index in [0.29, 0.717) is 0 Å². The van der Waals surface area contributed by atoms with Crippen molar-refractivity contribution >= 4 is 20.2 Å². The highest BCUT2D eigenvalue weighted by molar-refractivity contribution is 7.34. The van der Waals surface area contributed by atoms with Crippen LogP contribution < -0.4 is 0 Å². The van der Waals surface area contributed by atoms with Crippen molar-refractivity contribution in [2.24, 2.45) is 0 Å². The molecule has 0 aromatic heterocycles. The average molecular weight is 290 g/mol. The van der Waals surface area contributed by atoms with Crippen molar-refractivity contribution in [3.8, 4) is 0 Å². The molecule has 0 amide bonds. The molecule has 2 rings (SSSR count). The molecule has 0 fully saturated rings. The molecule has 0 N–H and O–H groups in total. The van der Waals surface area contributed by atoms with Gasteiger partial charge in [0.15, 0.2) is 0 Å². The summed E-state index contributed by atoms with van der Waals surface area (Å²) in [5, 5.41) is 0. The highest BCUT2D eigenvalue weighted by Gasteiger charge is 2.15. The van der Waals surface area contributed by atoms with Gasteiger partial charge < -0.3 is 9.05 Å². The zero-order valence-electron chi connectivity index (χ0n) is 10.3. The van der Waals surface area contributed by atoms with Crippen molar-refractivity contribution in [2.75, 3.05) is 0 Å². The van der Waals surface area contributed by atoms with Crippen LogP contribution in [0.4, 0.5) is 0 Å². The molecular weight excluding hydrogens is 279 g/mol. The van der Waals surface area contributed by atoms with Crippen LogP contribution in [0, 0.1) is 0 Å². The highest BCUT2D eigenvalue weighted by atomic mass is 31.1. The summed E-state index contributed by atoms with van der Waals surface area (Å²) in [6, 6.07) is 16.1. The Kier molecular flexibility index (Phi) is 4.69. The Morgan fingerprint density at radius 1 is 0.700 bits per heavy atom. The Balaban J connectivity index is 1.93. The van der Waals surface area contributed by atoms with Crippen molar-refractivity contribution in [3.05, 3.63) is 71.8 Å². The van der Waals surface area contributed by atoms with Crippen LogP contribution in [-0.2, 0) is 13.6 Å². The number of hydrogen-bond donors (Lipinski definition) is 0. The summed E-state index contributed by atoms with van der Waals surface area (Å²) in [5.41, 5.74) is 0.475. The summed E-state index contributed by atoms with van der Waals surface area (Å²) in [5.74, 6) is -1.59. The first kappa shape index (κ1) is 14.0. The SMILES string of the molecule is O=C(O[PH](=O)OC(=O)c1ccccc1)c1ccccc1. The molecule has 0 unspecified atom stereocenters. The monoisotopic (exact) mass is 290 g/mol. The van der Waals surface area contributed by atoms with E-state index in [4.69, 9.17) is 0 Å². The van der Waals surface area contributed by atoms with Crippen molar-refractivity contribution in [1.82, 2.24) is 0 Å². The Hall–Kier alpha value is -2.39. The van der Waals surface area contributed by atoms with E-state index in [9.17, 15) is 14.2 Å². The van der Waals surface area contributed by atoms with E-state index in [2.05, 4.69) is 9.05 Å².